The highest BCUT2D eigenvalue weighted by molar-refractivity contribution is 7.13. The standard InChI is InChI=1S/C18H12Cl2N6OS/c19-12-4-1-3-11(15(12)20)9-26-14(5-8-23-26)25-17(27)13-10-28-18(24-13)16-21-6-2-7-22-16/h1-8,10H,9H2,(H,25,27). The number of hydrogen-bond acceptors (Lipinski definition) is 6. The normalized spacial score (nSPS) is 10.8. The number of thiazole rings is 1. The fraction of sp³-hybridized carbons (Fsp3) is 0.0556. The molecule has 10 heteroatoms. The molecule has 1 N–H and O–H groups in total. The van der Waals surface area contributed by atoms with E-state index in [0.29, 0.717) is 33.2 Å². The number of carbonyl (C=O) groups is 1. The van der Waals surface area contributed by atoms with Crippen molar-refractivity contribution < 1.29 is 4.79 Å². The van der Waals surface area contributed by atoms with E-state index in [-0.39, 0.29) is 11.6 Å². The number of hydrogen-bond donors (Lipinski definition) is 1. The van der Waals surface area contributed by atoms with Crippen molar-refractivity contribution in [1.82, 2.24) is 24.7 Å². The monoisotopic (exact) mass is 430 g/mol. The molecule has 0 saturated heterocycles. The summed E-state index contributed by atoms with van der Waals surface area (Å²) in [6.45, 7) is 0.363. The van der Waals surface area contributed by atoms with Gasteiger partial charge >= 0.3 is 0 Å². The minimum atomic E-state index is -0.350. The van der Waals surface area contributed by atoms with E-state index in [1.165, 1.54) is 11.3 Å². The zero-order chi connectivity index (χ0) is 19.5. The van der Waals surface area contributed by atoms with Crippen LogP contribution in [-0.4, -0.2) is 30.6 Å². The van der Waals surface area contributed by atoms with Gasteiger partial charge in [-0.2, -0.15) is 5.10 Å². The lowest BCUT2D eigenvalue weighted by Crippen LogP contribution is -2.16. The van der Waals surface area contributed by atoms with Crippen LogP contribution in [0.2, 0.25) is 10.0 Å². The van der Waals surface area contributed by atoms with Gasteiger partial charge in [0, 0.05) is 23.8 Å². The van der Waals surface area contributed by atoms with Gasteiger partial charge in [0.1, 0.15) is 11.5 Å². The molecule has 0 saturated carbocycles. The molecule has 7 nitrogen and oxygen atoms in total. The van der Waals surface area contributed by atoms with Gasteiger partial charge in [0.05, 0.1) is 22.8 Å². The molecule has 0 fully saturated rings. The van der Waals surface area contributed by atoms with Gasteiger partial charge in [0.25, 0.3) is 5.91 Å². The lowest BCUT2D eigenvalue weighted by molar-refractivity contribution is 0.102. The van der Waals surface area contributed by atoms with Crippen molar-refractivity contribution in [2.24, 2.45) is 0 Å². The number of nitrogens with zero attached hydrogens (tertiary/aromatic N) is 5. The Morgan fingerprint density at radius 1 is 1.11 bits per heavy atom. The Morgan fingerprint density at radius 2 is 1.93 bits per heavy atom. The Balaban J connectivity index is 1.51. The van der Waals surface area contributed by atoms with E-state index in [9.17, 15) is 4.79 Å². The van der Waals surface area contributed by atoms with E-state index in [1.807, 2.05) is 12.1 Å². The number of anilines is 1. The molecule has 4 aromatic rings. The van der Waals surface area contributed by atoms with Gasteiger partial charge in [-0.25, -0.2) is 19.6 Å². The number of benzene rings is 1. The van der Waals surface area contributed by atoms with Crippen LogP contribution in [0.1, 0.15) is 16.1 Å². The van der Waals surface area contributed by atoms with Crippen LogP contribution in [0.25, 0.3) is 10.8 Å². The third kappa shape index (κ3) is 3.89. The van der Waals surface area contributed by atoms with E-state index < -0.39 is 0 Å². The molecule has 0 spiro atoms. The summed E-state index contributed by atoms with van der Waals surface area (Å²) in [5, 5.41) is 10.2. The summed E-state index contributed by atoms with van der Waals surface area (Å²) in [6.07, 6.45) is 4.85. The highest BCUT2D eigenvalue weighted by atomic mass is 35.5. The maximum absolute atomic E-state index is 12.6. The number of nitrogens with one attached hydrogen (secondary N) is 1. The van der Waals surface area contributed by atoms with Crippen LogP contribution in [0, 0.1) is 0 Å². The summed E-state index contributed by atoms with van der Waals surface area (Å²) >= 11 is 13.6. The van der Waals surface area contributed by atoms with Gasteiger partial charge in [-0.15, -0.1) is 11.3 Å². The summed E-state index contributed by atoms with van der Waals surface area (Å²) in [4.78, 5) is 25.2. The molecule has 4 rings (SSSR count). The molecule has 28 heavy (non-hydrogen) atoms. The van der Waals surface area contributed by atoms with Gasteiger partial charge in [0.2, 0.25) is 0 Å². The van der Waals surface area contributed by atoms with Gasteiger partial charge in [-0.3, -0.25) is 4.79 Å². The smallest absolute Gasteiger partial charge is 0.276 e. The van der Waals surface area contributed by atoms with Crippen molar-refractivity contribution in [3.05, 3.63) is 75.6 Å². The molecule has 0 aliphatic heterocycles. The highest BCUT2D eigenvalue weighted by Crippen LogP contribution is 2.27. The Bertz CT molecular complexity index is 1130. The molecule has 3 heterocycles. The molecule has 3 aromatic heterocycles. The van der Waals surface area contributed by atoms with Crippen LogP contribution in [0.3, 0.4) is 0 Å². The maximum Gasteiger partial charge on any atom is 0.276 e. The van der Waals surface area contributed by atoms with Crippen molar-refractivity contribution >= 4 is 46.3 Å². The van der Waals surface area contributed by atoms with E-state index in [4.69, 9.17) is 23.2 Å². The summed E-state index contributed by atoms with van der Waals surface area (Å²) in [7, 11) is 0. The molecule has 0 unspecified atom stereocenters. The molecule has 0 atom stereocenters. The van der Waals surface area contributed by atoms with Crippen LogP contribution < -0.4 is 5.32 Å². The average Bonchev–Trinajstić information content (AvgIpc) is 3.36. The molecule has 0 bridgehead atoms. The number of carbonyl (C=O) groups excluding carboxylic acids is 1. The predicted molar refractivity (Wildman–Crippen MR) is 109 cm³/mol. The van der Waals surface area contributed by atoms with E-state index >= 15 is 0 Å². The van der Waals surface area contributed by atoms with E-state index in [1.54, 1.807) is 46.9 Å². The van der Waals surface area contributed by atoms with Gasteiger partial charge < -0.3 is 5.32 Å². The van der Waals surface area contributed by atoms with Crippen LogP contribution in [-0.2, 0) is 6.54 Å². The summed E-state index contributed by atoms with van der Waals surface area (Å²) in [6, 6.07) is 8.80. The largest absolute Gasteiger partial charge is 0.305 e. The fourth-order valence-corrected chi connectivity index (χ4v) is 3.59. The van der Waals surface area contributed by atoms with Crippen molar-refractivity contribution in [1.29, 1.82) is 0 Å². The second-order valence-electron chi connectivity index (χ2n) is 5.65. The van der Waals surface area contributed by atoms with Crippen molar-refractivity contribution in [3.63, 3.8) is 0 Å². The van der Waals surface area contributed by atoms with Crippen molar-refractivity contribution in [3.8, 4) is 10.8 Å². The molecule has 0 aliphatic carbocycles. The highest BCUT2D eigenvalue weighted by Gasteiger charge is 2.16. The Kier molecular flexibility index (Phi) is 5.34. The fourth-order valence-electron chi connectivity index (χ4n) is 2.47. The predicted octanol–water partition coefficient (Wildman–Crippen LogP) is 4.40. The van der Waals surface area contributed by atoms with Gasteiger partial charge in [0.15, 0.2) is 10.8 Å². The Hall–Kier alpha value is -2.81. The number of halogens is 2. The summed E-state index contributed by atoms with van der Waals surface area (Å²) < 4.78 is 1.63. The lowest BCUT2D eigenvalue weighted by atomic mass is 10.2. The first-order chi connectivity index (χ1) is 13.6. The number of amides is 1. The lowest BCUT2D eigenvalue weighted by Gasteiger charge is -2.10. The number of aromatic nitrogens is 5. The zero-order valence-corrected chi connectivity index (χ0v) is 16.5. The van der Waals surface area contributed by atoms with Gasteiger partial charge in [-0.05, 0) is 17.7 Å². The van der Waals surface area contributed by atoms with Crippen LogP contribution in [0.15, 0.2) is 54.3 Å². The van der Waals surface area contributed by atoms with E-state index in [2.05, 4.69) is 25.4 Å². The van der Waals surface area contributed by atoms with Crippen LogP contribution in [0.4, 0.5) is 5.82 Å². The topological polar surface area (TPSA) is 85.6 Å². The summed E-state index contributed by atoms with van der Waals surface area (Å²) in [5.41, 5.74) is 1.08. The Labute approximate surface area is 174 Å². The molecule has 1 amide bonds. The molecule has 0 aliphatic rings. The molecule has 1 aromatic carbocycles. The minimum absolute atomic E-state index is 0.279. The van der Waals surface area contributed by atoms with Crippen LogP contribution in [0.5, 0.6) is 0 Å². The molecular formula is C18H12Cl2N6OS. The van der Waals surface area contributed by atoms with E-state index in [0.717, 1.165) is 5.56 Å². The minimum Gasteiger partial charge on any atom is -0.305 e. The third-order valence-corrected chi connectivity index (χ3v) is 5.50. The second kappa shape index (κ2) is 8.05. The average molecular weight is 431 g/mol. The van der Waals surface area contributed by atoms with Crippen molar-refractivity contribution in [2.75, 3.05) is 5.32 Å². The van der Waals surface area contributed by atoms with Crippen molar-refractivity contribution in [2.45, 2.75) is 6.54 Å². The quantitative estimate of drug-likeness (QED) is 0.506. The SMILES string of the molecule is O=C(Nc1ccnn1Cc1cccc(Cl)c1Cl)c1csc(-c2ncccn2)n1. The third-order valence-electron chi connectivity index (χ3n) is 3.80. The Morgan fingerprint density at radius 3 is 2.75 bits per heavy atom. The summed E-state index contributed by atoms with van der Waals surface area (Å²) in [5.74, 6) is 0.649. The first kappa shape index (κ1) is 18.5. The number of rotatable bonds is 5. The maximum atomic E-state index is 12.6. The van der Waals surface area contributed by atoms with Gasteiger partial charge in [-0.1, -0.05) is 35.3 Å². The molecular weight excluding hydrogens is 419 g/mol. The second-order valence-corrected chi connectivity index (χ2v) is 7.29. The molecule has 140 valence electrons. The zero-order valence-electron chi connectivity index (χ0n) is 14.2. The molecule has 0 radical (unpaired) electrons. The van der Waals surface area contributed by atoms with Crippen LogP contribution >= 0.6 is 34.5 Å². The first-order valence-electron chi connectivity index (χ1n) is 8.11. The first-order valence-corrected chi connectivity index (χ1v) is 9.74.